The minimum Gasteiger partial charge on any atom is -0.480 e. The van der Waals surface area contributed by atoms with Gasteiger partial charge in [0, 0.05) is 4.87 Å². The van der Waals surface area contributed by atoms with Crippen molar-refractivity contribution in [3.8, 4) is 0 Å². The number of aliphatic carboxylic acids is 1. The number of halogens is 1. The molecule has 0 unspecified atom stereocenters. The van der Waals surface area contributed by atoms with Crippen LogP contribution in [0.25, 0.3) is 0 Å². The lowest BCUT2D eigenvalue weighted by Crippen LogP contribution is -2.32. The Hall–Kier alpha value is -1.06. The Morgan fingerprint density at radius 1 is 1.35 bits per heavy atom. The van der Waals surface area contributed by atoms with Crippen LogP contribution in [0.3, 0.4) is 0 Å². The number of hydrogen-bond donors (Lipinski definition) is 2. The number of carboxylic acid groups (broad SMARTS) is 1. The molecule has 0 aromatic heterocycles. The van der Waals surface area contributed by atoms with Crippen LogP contribution in [-0.4, -0.2) is 22.0 Å². The molecule has 4 heteroatoms. The van der Waals surface area contributed by atoms with E-state index in [4.69, 9.17) is 22.4 Å². The summed E-state index contributed by atoms with van der Waals surface area (Å²) in [4.78, 5) is 10.4. The van der Waals surface area contributed by atoms with Gasteiger partial charge in [0.05, 0.1) is 0 Å². The third kappa shape index (κ3) is 11.2. The fourth-order valence-electron chi connectivity index (χ4n) is 0.955. The molecule has 17 heavy (non-hydrogen) atoms. The topological polar surface area (TPSA) is 63.3 Å². The van der Waals surface area contributed by atoms with Crippen molar-refractivity contribution < 1.29 is 9.90 Å². The molecule has 0 fully saturated rings. The molecule has 0 amide bonds. The molecule has 0 saturated heterocycles. The van der Waals surface area contributed by atoms with Gasteiger partial charge >= 0.3 is 5.97 Å². The zero-order chi connectivity index (χ0) is 13.5. The van der Waals surface area contributed by atoms with Crippen LogP contribution in [0, 0.1) is 0 Å². The van der Waals surface area contributed by atoms with Gasteiger partial charge in [-0.2, -0.15) is 0 Å². The van der Waals surface area contributed by atoms with Gasteiger partial charge in [0.1, 0.15) is 6.04 Å². The smallest absolute Gasteiger partial charge is 0.320 e. The average molecular weight is 258 g/mol. The molecule has 0 spiro atoms. The van der Waals surface area contributed by atoms with Crippen LogP contribution >= 0.6 is 11.6 Å². The second-order valence-corrected chi connectivity index (χ2v) is 5.84. The van der Waals surface area contributed by atoms with Gasteiger partial charge in [-0.1, -0.05) is 30.3 Å². The third-order valence-corrected chi connectivity index (χ3v) is 1.62. The Morgan fingerprint density at radius 3 is 2.12 bits per heavy atom. The van der Waals surface area contributed by atoms with E-state index in [1.807, 2.05) is 51.1 Å². The molecule has 0 aliphatic rings. The molecular formula is C13H20ClNO2. The monoisotopic (exact) mass is 257 g/mol. The summed E-state index contributed by atoms with van der Waals surface area (Å²) < 4.78 is 0. The first-order valence-electron chi connectivity index (χ1n) is 5.41. The first kappa shape index (κ1) is 15.9. The lowest BCUT2D eigenvalue weighted by Gasteiger charge is -2.04. The first-order chi connectivity index (χ1) is 7.70. The normalized spacial score (nSPS) is 12.3. The van der Waals surface area contributed by atoms with E-state index in [0.29, 0.717) is 6.42 Å². The van der Waals surface area contributed by atoms with Crippen molar-refractivity contribution in [3.63, 3.8) is 0 Å². The lowest BCUT2D eigenvalue weighted by molar-refractivity contribution is -0.138. The van der Waals surface area contributed by atoms with Gasteiger partial charge in [-0.05, 0) is 32.8 Å². The molecule has 0 aliphatic carbocycles. The molecule has 0 saturated carbocycles. The average Bonchev–Trinajstić information content (AvgIpc) is 2.16. The predicted octanol–water partition coefficient (Wildman–Crippen LogP) is 2.66. The Balaban J connectivity index is 0.000000437. The highest BCUT2D eigenvalue weighted by atomic mass is 35.5. The van der Waals surface area contributed by atoms with E-state index in [2.05, 4.69) is 0 Å². The van der Waals surface area contributed by atoms with Gasteiger partial charge in [-0.15, -0.1) is 11.6 Å². The van der Waals surface area contributed by atoms with Crippen LogP contribution in [0.5, 0.6) is 0 Å². The summed E-state index contributed by atoms with van der Waals surface area (Å²) >= 11 is 5.53. The van der Waals surface area contributed by atoms with Gasteiger partial charge in [-0.3, -0.25) is 4.79 Å². The van der Waals surface area contributed by atoms with Crippen LogP contribution in [0.2, 0.25) is 0 Å². The standard InChI is InChI=1S/C9H11NO2.C4H9Cl/c10-8(9(11)12)6-7-4-2-1-3-5-7;1-4(2,3)5/h1-5,8H,6,10H2,(H,11,12);1-3H3/t8-;/m0./s1. The van der Waals surface area contributed by atoms with E-state index in [9.17, 15) is 4.79 Å². The van der Waals surface area contributed by atoms with Crippen molar-refractivity contribution >= 4 is 17.6 Å². The van der Waals surface area contributed by atoms with Crippen LogP contribution in [0.1, 0.15) is 26.3 Å². The van der Waals surface area contributed by atoms with E-state index in [-0.39, 0.29) is 4.87 Å². The number of nitrogens with two attached hydrogens (primary N) is 1. The maximum Gasteiger partial charge on any atom is 0.320 e. The van der Waals surface area contributed by atoms with Crippen molar-refractivity contribution in [2.75, 3.05) is 0 Å². The Bertz CT molecular complexity index is 327. The largest absolute Gasteiger partial charge is 0.480 e. The summed E-state index contributed by atoms with van der Waals surface area (Å²) in [5.74, 6) is -0.959. The van der Waals surface area contributed by atoms with Crippen molar-refractivity contribution in [1.29, 1.82) is 0 Å². The third-order valence-electron chi connectivity index (χ3n) is 1.62. The van der Waals surface area contributed by atoms with Gasteiger partial charge in [0.15, 0.2) is 0 Å². The van der Waals surface area contributed by atoms with Crippen molar-refractivity contribution in [2.45, 2.75) is 38.1 Å². The Kier molecular flexibility index (Phi) is 6.85. The van der Waals surface area contributed by atoms with Crippen LogP contribution in [0.15, 0.2) is 30.3 Å². The second-order valence-electron chi connectivity index (χ2n) is 4.70. The van der Waals surface area contributed by atoms with E-state index < -0.39 is 12.0 Å². The van der Waals surface area contributed by atoms with Gasteiger partial charge in [0.2, 0.25) is 0 Å². The highest BCUT2D eigenvalue weighted by Gasteiger charge is 2.10. The number of carbonyl (C=O) groups is 1. The highest BCUT2D eigenvalue weighted by Crippen LogP contribution is 2.08. The number of rotatable bonds is 3. The van der Waals surface area contributed by atoms with Gasteiger partial charge < -0.3 is 10.8 Å². The quantitative estimate of drug-likeness (QED) is 0.819. The predicted molar refractivity (Wildman–Crippen MR) is 71.4 cm³/mol. The number of carboxylic acids is 1. The zero-order valence-electron chi connectivity index (χ0n) is 10.5. The molecule has 1 rings (SSSR count). The molecule has 96 valence electrons. The molecule has 0 aliphatic heterocycles. The lowest BCUT2D eigenvalue weighted by atomic mass is 10.1. The number of hydrogen-bond acceptors (Lipinski definition) is 2. The van der Waals surface area contributed by atoms with Crippen LogP contribution in [-0.2, 0) is 11.2 Å². The summed E-state index contributed by atoms with van der Waals surface area (Å²) in [5.41, 5.74) is 6.30. The van der Waals surface area contributed by atoms with Crippen molar-refractivity contribution in [2.24, 2.45) is 5.73 Å². The maximum absolute atomic E-state index is 10.4. The summed E-state index contributed by atoms with van der Waals surface area (Å²) in [6.07, 6.45) is 0.385. The SMILES string of the molecule is CC(C)(C)Cl.N[C@@H](Cc1ccccc1)C(=O)O. The molecule has 1 aromatic carbocycles. The fraction of sp³-hybridized carbons (Fsp3) is 0.462. The van der Waals surface area contributed by atoms with Crippen LogP contribution in [0.4, 0.5) is 0 Å². The van der Waals surface area contributed by atoms with E-state index >= 15 is 0 Å². The number of benzene rings is 1. The van der Waals surface area contributed by atoms with E-state index in [1.54, 1.807) is 0 Å². The second kappa shape index (κ2) is 7.30. The maximum atomic E-state index is 10.4. The molecule has 3 nitrogen and oxygen atoms in total. The molecule has 0 radical (unpaired) electrons. The van der Waals surface area contributed by atoms with E-state index in [1.165, 1.54) is 0 Å². The Morgan fingerprint density at radius 2 is 1.76 bits per heavy atom. The summed E-state index contributed by atoms with van der Waals surface area (Å²) in [6, 6.07) is 8.54. The summed E-state index contributed by atoms with van der Waals surface area (Å²) in [7, 11) is 0. The highest BCUT2D eigenvalue weighted by molar-refractivity contribution is 6.23. The van der Waals surface area contributed by atoms with E-state index in [0.717, 1.165) is 5.56 Å². The van der Waals surface area contributed by atoms with Gasteiger partial charge in [-0.25, -0.2) is 0 Å². The van der Waals surface area contributed by atoms with Crippen molar-refractivity contribution in [1.82, 2.24) is 0 Å². The molecule has 1 aromatic rings. The Labute approximate surface area is 108 Å². The first-order valence-corrected chi connectivity index (χ1v) is 5.79. The molecular weight excluding hydrogens is 238 g/mol. The molecule has 1 atom stereocenters. The zero-order valence-corrected chi connectivity index (χ0v) is 11.2. The summed E-state index contributed by atoms with van der Waals surface area (Å²) in [5, 5.41) is 8.52. The van der Waals surface area contributed by atoms with Crippen molar-refractivity contribution in [3.05, 3.63) is 35.9 Å². The molecule has 0 bridgehead atoms. The molecule has 3 N–H and O–H groups in total. The summed E-state index contributed by atoms with van der Waals surface area (Å²) in [6.45, 7) is 5.86. The van der Waals surface area contributed by atoms with Crippen LogP contribution < -0.4 is 5.73 Å². The molecule has 0 heterocycles. The fourth-order valence-corrected chi connectivity index (χ4v) is 0.955. The minimum absolute atomic E-state index is 0.0278. The minimum atomic E-state index is -0.959. The number of alkyl halides is 1. The van der Waals surface area contributed by atoms with Gasteiger partial charge in [0.25, 0.3) is 0 Å².